The molecule has 0 bridgehead atoms. The summed E-state index contributed by atoms with van der Waals surface area (Å²) >= 11 is 0. The normalized spacial score (nSPS) is 13.2. The molecule has 114 valence electrons. The van der Waals surface area contributed by atoms with Gasteiger partial charge in [-0.15, -0.1) is 13.2 Å². The summed E-state index contributed by atoms with van der Waals surface area (Å²) in [6.45, 7) is 5.33. The van der Waals surface area contributed by atoms with E-state index in [1.807, 2.05) is 13.8 Å². The van der Waals surface area contributed by atoms with Gasteiger partial charge in [0.2, 0.25) is 0 Å². The number of benzene rings is 1. The number of ether oxygens (including phenoxy) is 2. The Labute approximate surface area is 117 Å². The van der Waals surface area contributed by atoms with Crippen molar-refractivity contribution in [2.75, 3.05) is 19.8 Å². The topological polar surface area (TPSA) is 30.5 Å². The molecule has 1 aromatic rings. The quantitative estimate of drug-likeness (QED) is 0.793. The predicted molar refractivity (Wildman–Crippen MR) is 70.7 cm³/mol. The second kappa shape index (κ2) is 8.11. The molecule has 0 aliphatic carbocycles. The highest BCUT2D eigenvalue weighted by atomic mass is 19.4. The third-order valence-electron chi connectivity index (χ3n) is 2.65. The summed E-state index contributed by atoms with van der Waals surface area (Å²) in [6, 6.07) is 5.81. The minimum absolute atomic E-state index is 0.187. The van der Waals surface area contributed by atoms with Crippen LogP contribution < -0.4 is 10.1 Å². The summed E-state index contributed by atoms with van der Waals surface area (Å²) in [5, 5.41) is 3.17. The van der Waals surface area contributed by atoms with Crippen LogP contribution in [0, 0.1) is 0 Å². The van der Waals surface area contributed by atoms with E-state index in [1.165, 1.54) is 12.1 Å². The van der Waals surface area contributed by atoms with Crippen molar-refractivity contribution in [2.24, 2.45) is 0 Å². The van der Waals surface area contributed by atoms with E-state index in [0.717, 1.165) is 6.42 Å². The molecule has 1 atom stereocenters. The first kappa shape index (κ1) is 16.8. The Balaban J connectivity index is 2.92. The highest BCUT2D eigenvalue weighted by molar-refractivity contribution is 5.36. The molecule has 0 radical (unpaired) electrons. The molecule has 0 aliphatic heterocycles. The van der Waals surface area contributed by atoms with Gasteiger partial charge in [0.05, 0.1) is 12.6 Å². The van der Waals surface area contributed by atoms with Gasteiger partial charge in [0.15, 0.2) is 0 Å². The van der Waals surface area contributed by atoms with E-state index in [2.05, 4.69) is 10.1 Å². The molecule has 0 aromatic heterocycles. The van der Waals surface area contributed by atoms with Crippen LogP contribution in [0.2, 0.25) is 0 Å². The van der Waals surface area contributed by atoms with Gasteiger partial charge < -0.3 is 14.8 Å². The average Bonchev–Trinajstić information content (AvgIpc) is 2.38. The van der Waals surface area contributed by atoms with E-state index in [1.54, 1.807) is 12.1 Å². The smallest absolute Gasteiger partial charge is 0.405 e. The Hall–Kier alpha value is -1.27. The van der Waals surface area contributed by atoms with Crippen molar-refractivity contribution in [3.8, 4) is 5.75 Å². The summed E-state index contributed by atoms with van der Waals surface area (Å²) in [5.74, 6) is -0.187. The summed E-state index contributed by atoms with van der Waals surface area (Å²) in [4.78, 5) is 0. The van der Waals surface area contributed by atoms with Crippen LogP contribution in [0.25, 0.3) is 0 Å². The molecule has 0 saturated carbocycles. The molecule has 1 N–H and O–H groups in total. The largest absolute Gasteiger partial charge is 0.573 e. The zero-order chi connectivity index (χ0) is 15.0. The first-order chi connectivity index (χ1) is 9.48. The maximum atomic E-state index is 12.4. The van der Waals surface area contributed by atoms with E-state index in [0.29, 0.717) is 25.3 Å². The molecule has 3 nitrogen and oxygen atoms in total. The van der Waals surface area contributed by atoms with Crippen molar-refractivity contribution in [2.45, 2.75) is 32.7 Å². The van der Waals surface area contributed by atoms with E-state index < -0.39 is 6.36 Å². The van der Waals surface area contributed by atoms with Gasteiger partial charge in [-0.2, -0.15) is 0 Å². The molecule has 1 unspecified atom stereocenters. The number of alkyl halides is 3. The Morgan fingerprint density at radius 2 is 1.90 bits per heavy atom. The molecule has 1 rings (SSSR count). The SMILES string of the molecule is CCCNC(COCC)c1ccccc1OC(F)(F)F. The number of hydrogen-bond donors (Lipinski definition) is 1. The average molecular weight is 291 g/mol. The standard InChI is InChI=1S/C14H20F3NO2/c1-3-9-18-12(10-19-4-2)11-7-5-6-8-13(11)20-14(15,16)17/h5-8,12,18H,3-4,9-10H2,1-2H3. The summed E-state index contributed by atoms with van der Waals surface area (Å²) in [5.41, 5.74) is 0.451. The van der Waals surface area contributed by atoms with Gasteiger partial charge >= 0.3 is 6.36 Å². The molecule has 20 heavy (non-hydrogen) atoms. The fourth-order valence-electron chi connectivity index (χ4n) is 1.80. The first-order valence-electron chi connectivity index (χ1n) is 6.63. The molecule has 0 spiro atoms. The maximum absolute atomic E-state index is 12.4. The van der Waals surface area contributed by atoms with Crippen LogP contribution in [0.15, 0.2) is 24.3 Å². The van der Waals surface area contributed by atoms with Crippen LogP contribution >= 0.6 is 0 Å². The molecule has 0 amide bonds. The van der Waals surface area contributed by atoms with Crippen molar-refractivity contribution in [3.05, 3.63) is 29.8 Å². The lowest BCUT2D eigenvalue weighted by atomic mass is 10.1. The van der Waals surface area contributed by atoms with Gasteiger partial charge in [-0.3, -0.25) is 0 Å². The van der Waals surface area contributed by atoms with E-state index in [4.69, 9.17) is 4.74 Å². The zero-order valence-electron chi connectivity index (χ0n) is 11.7. The highest BCUT2D eigenvalue weighted by Crippen LogP contribution is 2.30. The summed E-state index contributed by atoms with van der Waals surface area (Å²) < 4.78 is 46.7. The number of nitrogens with one attached hydrogen (secondary N) is 1. The third-order valence-corrected chi connectivity index (χ3v) is 2.65. The van der Waals surface area contributed by atoms with E-state index in [-0.39, 0.29) is 11.8 Å². The Morgan fingerprint density at radius 3 is 2.50 bits per heavy atom. The van der Waals surface area contributed by atoms with Gasteiger partial charge in [0, 0.05) is 12.2 Å². The minimum atomic E-state index is -4.70. The molecule has 0 heterocycles. The molecular formula is C14H20F3NO2. The zero-order valence-corrected chi connectivity index (χ0v) is 11.7. The second-order valence-corrected chi connectivity index (χ2v) is 4.25. The lowest BCUT2D eigenvalue weighted by Gasteiger charge is -2.22. The number of rotatable bonds is 8. The Bertz CT molecular complexity index is 388. The fourth-order valence-corrected chi connectivity index (χ4v) is 1.80. The van der Waals surface area contributed by atoms with Gasteiger partial charge in [0.1, 0.15) is 5.75 Å². The van der Waals surface area contributed by atoms with Crippen molar-refractivity contribution < 1.29 is 22.6 Å². The van der Waals surface area contributed by atoms with Crippen LogP contribution in [0.3, 0.4) is 0 Å². The van der Waals surface area contributed by atoms with Crippen LogP contribution in [-0.2, 0) is 4.74 Å². The monoisotopic (exact) mass is 291 g/mol. The minimum Gasteiger partial charge on any atom is -0.405 e. The molecule has 0 saturated heterocycles. The van der Waals surface area contributed by atoms with Crippen LogP contribution in [0.4, 0.5) is 13.2 Å². The second-order valence-electron chi connectivity index (χ2n) is 4.25. The van der Waals surface area contributed by atoms with Crippen LogP contribution in [-0.4, -0.2) is 26.1 Å². The van der Waals surface area contributed by atoms with Gasteiger partial charge in [-0.25, -0.2) is 0 Å². The van der Waals surface area contributed by atoms with Gasteiger partial charge in [0.25, 0.3) is 0 Å². The summed E-state index contributed by atoms with van der Waals surface area (Å²) in [6.07, 6.45) is -3.82. The summed E-state index contributed by atoms with van der Waals surface area (Å²) in [7, 11) is 0. The van der Waals surface area contributed by atoms with Gasteiger partial charge in [-0.05, 0) is 26.0 Å². The lowest BCUT2D eigenvalue weighted by Crippen LogP contribution is -2.28. The van der Waals surface area contributed by atoms with E-state index >= 15 is 0 Å². The van der Waals surface area contributed by atoms with Crippen LogP contribution in [0.5, 0.6) is 5.75 Å². The number of para-hydroxylation sites is 1. The van der Waals surface area contributed by atoms with Crippen molar-refractivity contribution >= 4 is 0 Å². The molecule has 0 aliphatic rings. The van der Waals surface area contributed by atoms with Gasteiger partial charge in [-0.1, -0.05) is 25.1 Å². The highest BCUT2D eigenvalue weighted by Gasteiger charge is 2.32. The Kier molecular flexibility index (Phi) is 6.81. The van der Waals surface area contributed by atoms with Crippen molar-refractivity contribution in [3.63, 3.8) is 0 Å². The molecule has 1 aromatic carbocycles. The van der Waals surface area contributed by atoms with E-state index in [9.17, 15) is 13.2 Å². The Morgan fingerprint density at radius 1 is 1.20 bits per heavy atom. The predicted octanol–water partition coefficient (Wildman–Crippen LogP) is 3.66. The number of halogens is 3. The first-order valence-corrected chi connectivity index (χ1v) is 6.63. The van der Waals surface area contributed by atoms with Crippen molar-refractivity contribution in [1.29, 1.82) is 0 Å². The number of hydrogen-bond acceptors (Lipinski definition) is 3. The fraction of sp³-hybridized carbons (Fsp3) is 0.571. The van der Waals surface area contributed by atoms with Crippen molar-refractivity contribution in [1.82, 2.24) is 5.32 Å². The lowest BCUT2D eigenvalue weighted by molar-refractivity contribution is -0.275. The molecular weight excluding hydrogens is 271 g/mol. The molecule has 0 fully saturated rings. The third kappa shape index (κ3) is 5.79. The van der Waals surface area contributed by atoms with Crippen LogP contribution in [0.1, 0.15) is 31.9 Å². The molecule has 6 heteroatoms. The maximum Gasteiger partial charge on any atom is 0.573 e.